The van der Waals surface area contributed by atoms with Gasteiger partial charge in [-0.15, -0.1) is 0 Å². The van der Waals surface area contributed by atoms with E-state index in [0.29, 0.717) is 5.41 Å². The fourth-order valence-electron chi connectivity index (χ4n) is 3.07. The number of rotatable bonds is 4. The summed E-state index contributed by atoms with van der Waals surface area (Å²) in [6.45, 7) is 15.2. The van der Waals surface area contributed by atoms with E-state index in [0.717, 1.165) is 12.8 Å². The Bertz CT molecular complexity index is 249. The van der Waals surface area contributed by atoms with Crippen molar-refractivity contribution in [2.75, 3.05) is 0 Å². The summed E-state index contributed by atoms with van der Waals surface area (Å²) in [5.41, 5.74) is 5.41. The molecule has 16 heavy (non-hydrogen) atoms. The van der Waals surface area contributed by atoms with Crippen LogP contribution in [-0.2, 0) is 0 Å². The molecule has 0 heterocycles. The first kappa shape index (κ1) is 15.3. The minimum absolute atomic E-state index is 0.185. The zero-order valence-corrected chi connectivity index (χ0v) is 11.9. The van der Waals surface area contributed by atoms with E-state index in [4.69, 9.17) is 5.73 Å². The highest BCUT2D eigenvalue weighted by atomic mass is 16.2. The molecule has 0 unspecified atom stereocenters. The Kier molecular flexibility index (Phi) is 4.43. The summed E-state index contributed by atoms with van der Waals surface area (Å²) in [6.07, 6.45) is 2.03. The van der Waals surface area contributed by atoms with Gasteiger partial charge in [0.25, 0.3) is 0 Å². The molecule has 96 valence electrons. The molecule has 0 spiro atoms. The van der Waals surface area contributed by atoms with Crippen molar-refractivity contribution in [3.8, 4) is 0 Å². The van der Waals surface area contributed by atoms with Gasteiger partial charge in [-0.3, -0.25) is 0 Å². The third-order valence-corrected chi connectivity index (χ3v) is 2.39. The van der Waals surface area contributed by atoms with E-state index in [9.17, 15) is 4.79 Å². The quantitative estimate of drug-likeness (QED) is 0.762. The van der Waals surface area contributed by atoms with Crippen LogP contribution in [0.4, 0.5) is 4.79 Å². The van der Waals surface area contributed by atoms with Gasteiger partial charge in [-0.25, -0.2) is 4.79 Å². The molecule has 2 amide bonds. The molecule has 0 rings (SSSR count). The molecule has 0 aliphatic rings. The second-order valence-corrected chi connectivity index (χ2v) is 7.45. The van der Waals surface area contributed by atoms with Crippen molar-refractivity contribution < 1.29 is 4.79 Å². The van der Waals surface area contributed by atoms with Crippen LogP contribution in [0, 0.1) is 10.8 Å². The third kappa shape index (κ3) is 7.55. The number of primary amides is 1. The smallest absolute Gasteiger partial charge is 0.312 e. The number of urea groups is 1. The highest BCUT2D eigenvalue weighted by molar-refractivity contribution is 5.72. The largest absolute Gasteiger partial charge is 0.352 e. The number of nitrogens with two attached hydrogens (primary N) is 1. The van der Waals surface area contributed by atoms with E-state index in [1.54, 1.807) is 0 Å². The lowest BCUT2D eigenvalue weighted by atomic mass is 9.70. The molecule has 0 aromatic rings. The van der Waals surface area contributed by atoms with E-state index >= 15 is 0 Å². The molecule has 0 bridgehead atoms. The minimum Gasteiger partial charge on any atom is -0.352 e. The maximum absolute atomic E-state index is 10.9. The number of hydrogen-bond acceptors (Lipinski definition) is 1. The Morgan fingerprint density at radius 1 is 1.00 bits per heavy atom. The Labute approximate surface area is 100 Å². The average molecular weight is 228 g/mol. The topological polar surface area (TPSA) is 55.1 Å². The molecular weight excluding hydrogens is 200 g/mol. The molecule has 3 heteroatoms. The van der Waals surface area contributed by atoms with E-state index in [-0.39, 0.29) is 11.0 Å². The number of carbonyl (C=O) groups excluding carboxylic acids is 1. The SMILES string of the molecule is CC(C)(C)CC(C)(C)CC(C)(C)NC(N)=O. The number of amides is 2. The zero-order chi connectivity index (χ0) is 13.2. The van der Waals surface area contributed by atoms with Gasteiger partial charge in [-0.1, -0.05) is 34.6 Å². The maximum Gasteiger partial charge on any atom is 0.312 e. The van der Waals surface area contributed by atoms with Gasteiger partial charge in [0.05, 0.1) is 0 Å². The highest BCUT2D eigenvalue weighted by Crippen LogP contribution is 2.38. The first-order valence-electron chi connectivity index (χ1n) is 5.91. The second kappa shape index (κ2) is 4.64. The lowest BCUT2D eigenvalue weighted by molar-refractivity contribution is 0.154. The van der Waals surface area contributed by atoms with Gasteiger partial charge in [-0.05, 0) is 37.5 Å². The Hall–Kier alpha value is -0.730. The van der Waals surface area contributed by atoms with Crippen LogP contribution < -0.4 is 11.1 Å². The maximum atomic E-state index is 10.9. The van der Waals surface area contributed by atoms with E-state index in [1.807, 2.05) is 13.8 Å². The predicted octanol–water partition coefficient (Wildman–Crippen LogP) is 3.29. The number of carbonyl (C=O) groups is 1. The second-order valence-electron chi connectivity index (χ2n) is 7.45. The molecule has 0 fully saturated rings. The fraction of sp³-hybridized carbons (Fsp3) is 0.923. The summed E-state index contributed by atoms with van der Waals surface area (Å²) in [7, 11) is 0. The van der Waals surface area contributed by atoms with Crippen molar-refractivity contribution in [1.29, 1.82) is 0 Å². The standard InChI is InChI=1S/C13H28N2O/c1-11(2,3)8-12(4,5)9-13(6,7)15-10(14)16/h8-9H2,1-7H3,(H3,14,15,16). The molecular formula is C13H28N2O. The number of hydrogen-bond donors (Lipinski definition) is 2. The fourth-order valence-corrected chi connectivity index (χ4v) is 3.07. The summed E-state index contributed by atoms with van der Waals surface area (Å²) in [5, 5.41) is 2.80. The van der Waals surface area contributed by atoms with Gasteiger partial charge in [0.15, 0.2) is 0 Å². The molecule has 3 N–H and O–H groups in total. The minimum atomic E-state index is -0.448. The van der Waals surface area contributed by atoms with Crippen LogP contribution in [0.25, 0.3) is 0 Å². The summed E-state index contributed by atoms with van der Waals surface area (Å²) < 4.78 is 0. The van der Waals surface area contributed by atoms with Crippen molar-refractivity contribution >= 4 is 6.03 Å². The summed E-state index contributed by atoms with van der Waals surface area (Å²) >= 11 is 0. The van der Waals surface area contributed by atoms with Gasteiger partial charge < -0.3 is 11.1 Å². The Morgan fingerprint density at radius 3 is 1.75 bits per heavy atom. The first-order chi connectivity index (χ1) is 6.83. The van der Waals surface area contributed by atoms with Crippen molar-refractivity contribution in [3.63, 3.8) is 0 Å². The van der Waals surface area contributed by atoms with Crippen molar-refractivity contribution in [2.45, 2.75) is 66.8 Å². The molecule has 0 radical (unpaired) electrons. The van der Waals surface area contributed by atoms with Crippen LogP contribution in [0.2, 0.25) is 0 Å². The molecule has 3 nitrogen and oxygen atoms in total. The Balaban J connectivity index is 4.51. The third-order valence-electron chi connectivity index (χ3n) is 2.39. The van der Waals surface area contributed by atoms with Gasteiger partial charge in [0.2, 0.25) is 0 Å². The van der Waals surface area contributed by atoms with Crippen LogP contribution in [0.5, 0.6) is 0 Å². The molecule has 0 atom stereocenters. The highest BCUT2D eigenvalue weighted by Gasteiger charge is 2.32. The number of nitrogens with one attached hydrogen (secondary N) is 1. The molecule has 0 aliphatic heterocycles. The van der Waals surface area contributed by atoms with Crippen LogP contribution in [0.15, 0.2) is 0 Å². The van der Waals surface area contributed by atoms with Crippen molar-refractivity contribution in [3.05, 3.63) is 0 Å². The van der Waals surface area contributed by atoms with Crippen LogP contribution in [0.1, 0.15) is 61.3 Å². The van der Waals surface area contributed by atoms with Crippen LogP contribution in [-0.4, -0.2) is 11.6 Å². The monoisotopic (exact) mass is 228 g/mol. The molecule has 0 aliphatic carbocycles. The van der Waals surface area contributed by atoms with E-state index < -0.39 is 6.03 Å². The zero-order valence-electron chi connectivity index (χ0n) is 11.9. The van der Waals surface area contributed by atoms with Crippen molar-refractivity contribution in [2.24, 2.45) is 16.6 Å². The summed E-state index contributed by atoms with van der Waals surface area (Å²) in [6, 6.07) is -0.448. The summed E-state index contributed by atoms with van der Waals surface area (Å²) in [5.74, 6) is 0. The molecule has 0 aromatic carbocycles. The Morgan fingerprint density at radius 2 is 1.44 bits per heavy atom. The van der Waals surface area contributed by atoms with Gasteiger partial charge >= 0.3 is 6.03 Å². The lowest BCUT2D eigenvalue weighted by Crippen LogP contribution is -2.48. The van der Waals surface area contributed by atoms with Gasteiger partial charge in [-0.2, -0.15) is 0 Å². The normalized spacial score (nSPS) is 13.7. The van der Waals surface area contributed by atoms with Crippen LogP contribution in [0.3, 0.4) is 0 Å². The van der Waals surface area contributed by atoms with E-state index in [2.05, 4.69) is 39.9 Å². The van der Waals surface area contributed by atoms with Crippen molar-refractivity contribution in [1.82, 2.24) is 5.32 Å². The molecule has 0 aromatic heterocycles. The molecule has 0 saturated carbocycles. The average Bonchev–Trinajstić information content (AvgIpc) is 1.69. The first-order valence-corrected chi connectivity index (χ1v) is 5.91. The van der Waals surface area contributed by atoms with E-state index in [1.165, 1.54) is 0 Å². The lowest BCUT2D eigenvalue weighted by Gasteiger charge is -2.38. The van der Waals surface area contributed by atoms with Gasteiger partial charge in [0.1, 0.15) is 0 Å². The summed E-state index contributed by atoms with van der Waals surface area (Å²) in [4.78, 5) is 10.9. The predicted molar refractivity (Wildman–Crippen MR) is 69.3 cm³/mol. The van der Waals surface area contributed by atoms with Gasteiger partial charge in [0, 0.05) is 5.54 Å². The van der Waals surface area contributed by atoms with Crippen LogP contribution >= 0.6 is 0 Å². The molecule has 0 saturated heterocycles.